The standard InChI is InChI=1S/C71H124N16O23/c1-32(2)29-44-69(106)86(13)47(23-25-50(75)90)64(101)84-53(40(12)109-14)66(103)81-45(30-51(91)92)70(107)87-28-16-15-21-48(87)71(108)110-58(36(8)34(5)6)54(67(104)82-46(31-88)63(100)79-43(20-18-27-73)62(99)80-44)85-65(102)52(37(9)38(10)59(76)96)83-68(105)57(95)56(94)41(22-24-49(74)89)77-61(98)42(19-17-26-72)78-60(97)39(11)55(93)35(7)33(3)4/h32-48,52-58,88,93-95H,15-31,72-73H2,1-14H3,(H2,74,89)(H2,75,90)(H2,76,96)(H,77,98)(H,78,97)(H,79,100)(H,80,99)(H,81,103)(H,82,104)(H,83,105)(H,84,101)(H,85,102)(H,91,92)/t35-,36-,37+,38-,39-,40-,41+,42-,43-,44+,45-,46-,47+,48+,52+,53+,54-,55-,56-,57-,58-/m1/s1. The first kappa shape index (κ1) is 97.3. The number of fused-ring (bicyclic) bond motifs is 1. The Bertz CT molecular complexity index is 3170. The van der Waals surface area contributed by atoms with Crippen LogP contribution in [-0.4, -0.2) is 267 Å². The highest BCUT2D eigenvalue weighted by Gasteiger charge is 2.48. The molecule has 2 rings (SSSR count). The number of rotatable bonds is 37. The van der Waals surface area contributed by atoms with Gasteiger partial charge in [-0.2, -0.15) is 0 Å². The number of carboxylic acids is 1. The van der Waals surface area contributed by atoms with Gasteiger partial charge in [-0.05, 0) is 120 Å². The predicted octanol–water partition coefficient (Wildman–Crippen LogP) is -5.90. The lowest BCUT2D eigenvalue weighted by Gasteiger charge is -2.39. The molecule has 0 unspecified atom stereocenters. The molecule has 2 saturated heterocycles. The molecule has 21 atom stereocenters. The number of aliphatic hydroxyl groups is 4. The molecule has 0 bridgehead atoms. The maximum Gasteiger partial charge on any atom is 0.329 e. The summed E-state index contributed by atoms with van der Waals surface area (Å²) in [4.78, 5) is 229. The predicted molar refractivity (Wildman–Crippen MR) is 395 cm³/mol. The van der Waals surface area contributed by atoms with Crippen molar-refractivity contribution >= 4 is 94.6 Å². The Hall–Kier alpha value is -8.76. The number of methoxy groups -OCH3 is 1. The summed E-state index contributed by atoms with van der Waals surface area (Å²) in [5.74, 6) is -25.5. The average Bonchev–Trinajstić information content (AvgIpc) is 0.845. The van der Waals surface area contributed by atoms with Gasteiger partial charge in [0.25, 0.3) is 5.91 Å². The highest BCUT2D eigenvalue weighted by atomic mass is 16.5. The van der Waals surface area contributed by atoms with Crippen LogP contribution in [0.1, 0.15) is 167 Å². The number of likely N-dealkylation sites (N-methyl/N-ethyl adjacent to an activating group) is 1. The van der Waals surface area contributed by atoms with Crippen LogP contribution in [0.3, 0.4) is 0 Å². The van der Waals surface area contributed by atoms with Gasteiger partial charge in [-0.25, -0.2) is 4.79 Å². The van der Waals surface area contributed by atoms with Gasteiger partial charge in [-0.3, -0.25) is 71.9 Å². The topological polar surface area (TPSA) is 638 Å². The number of aliphatic carboxylic acids is 1. The van der Waals surface area contributed by atoms with Gasteiger partial charge in [-0.1, -0.05) is 76.2 Å². The molecule has 626 valence electrons. The van der Waals surface area contributed by atoms with Gasteiger partial charge in [-0.15, -0.1) is 0 Å². The van der Waals surface area contributed by atoms with Crippen LogP contribution in [0.4, 0.5) is 0 Å². The van der Waals surface area contributed by atoms with E-state index in [1.807, 2.05) is 13.8 Å². The number of primary amides is 3. The van der Waals surface area contributed by atoms with Crippen molar-refractivity contribution in [3.05, 3.63) is 0 Å². The molecule has 2 heterocycles. The lowest BCUT2D eigenvalue weighted by Crippen LogP contribution is -2.65. The van der Waals surface area contributed by atoms with Gasteiger partial charge < -0.3 is 121 Å². The monoisotopic (exact) mass is 1570 g/mol. The van der Waals surface area contributed by atoms with E-state index in [1.165, 1.54) is 34.6 Å². The largest absolute Gasteiger partial charge is 0.481 e. The zero-order valence-corrected chi connectivity index (χ0v) is 65.7. The minimum atomic E-state index is -2.69. The van der Waals surface area contributed by atoms with Crippen molar-refractivity contribution in [1.82, 2.24) is 57.7 Å². The molecule has 0 aliphatic carbocycles. The van der Waals surface area contributed by atoms with E-state index >= 15 is 19.2 Å². The molecule has 0 saturated carbocycles. The summed E-state index contributed by atoms with van der Waals surface area (Å²) in [6.45, 7) is 17.0. The Balaban J connectivity index is 3.14. The quantitative estimate of drug-likeness (QED) is 0.0258. The first-order valence-electron chi connectivity index (χ1n) is 37.5. The average molecular weight is 1570 g/mol. The Morgan fingerprint density at radius 3 is 1.73 bits per heavy atom. The number of carboxylic acid groups (broad SMARTS) is 1. The first-order valence-corrected chi connectivity index (χ1v) is 37.5. The van der Waals surface area contributed by atoms with Crippen LogP contribution in [0.5, 0.6) is 0 Å². The second-order valence-electron chi connectivity index (χ2n) is 30.0. The number of carbonyl (C=O) groups excluding carboxylic acids is 15. The lowest BCUT2D eigenvalue weighted by molar-refractivity contribution is -0.168. The van der Waals surface area contributed by atoms with Crippen molar-refractivity contribution in [3.8, 4) is 0 Å². The Labute approximate surface area is 641 Å². The smallest absolute Gasteiger partial charge is 0.329 e. The van der Waals surface area contributed by atoms with E-state index in [2.05, 4.69) is 47.9 Å². The van der Waals surface area contributed by atoms with Crippen molar-refractivity contribution in [3.63, 3.8) is 0 Å². The van der Waals surface area contributed by atoms with Gasteiger partial charge in [0.1, 0.15) is 72.6 Å². The van der Waals surface area contributed by atoms with E-state index in [0.29, 0.717) is 0 Å². The molecule has 0 aromatic heterocycles. The van der Waals surface area contributed by atoms with Crippen LogP contribution in [0.25, 0.3) is 0 Å². The summed E-state index contributed by atoms with van der Waals surface area (Å²) in [5, 5.41) is 77.9. The van der Waals surface area contributed by atoms with Gasteiger partial charge in [0.15, 0.2) is 6.10 Å². The van der Waals surface area contributed by atoms with E-state index in [4.69, 9.17) is 38.1 Å². The van der Waals surface area contributed by atoms with Crippen LogP contribution in [0.2, 0.25) is 0 Å². The molecule has 39 nitrogen and oxygen atoms in total. The molecular formula is C71H124N16O23. The maximum absolute atomic E-state index is 15.5. The number of hydrogen-bond acceptors (Lipinski definition) is 24. The zero-order valence-electron chi connectivity index (χ0n) is 65.7. The number of aliphatic hydroxyl groups excluding tert-OH is 4. The van der Waals surface area contributed by atoms with Crippen LogP contribution in [0, 0.1) is 47.3 Å². The van der Waals surface area contributed by atoms with E-state index < -0.39 is 266 Å². The molecule has 2 aliphatic rings. The number of cyclic esters (lactones) is 1. The highest BCUT2D eigenvalue weighted by molar-refractivity contribution is 6.00. The molecule has 0 aromatic carbocycles. The number of hydrogen-bond donors (Lipinski definition) is 19. The third-order valence-electron chi connectivity index (χ3n) is 20.7. The number of nitrogens with two attached hydrogens (primary N) is 5. The summed E-state index contributed by atoms with van der Waals surface area (Å²) in [5.41, 5.74) is 28.4. The molecule has 39 heteroatoms. The van der Waals surface area contributed by atoms with E-state index in [0.717, 1.165) is 24.0 Å². The molecule has 24 N–H and O–H groups in total. The summed E-state index contributed by atoms with van der Waals surface area (Å²) in [7, 11) is 2.31. The van der Waals surface area contributed by atoms with Gasteiger partial charge in [0, 0.05) is 39.5 Å². The van der Waals surface area contributed by atoms with Crippen LogP contribution in [-0.2, 0) is 86.2 Å². The molecule has 2 aliphatic heterocycles. The van der Waals surface area contributed by atoms with Crippen LogP contribution >= 0.6 is 0 Å². The van der Waals surface area contributed by atoms with E-state index in [9.17, 15) is 83.1 Å². The van der Waals surface area contributed by atoms with Gasteiger partial charge in [0.05, 0.1) is 37.2 Å². The minimum Gasteiger partial charge on any atom is -0.481 e. The molecule has 14 amide bonds. The number of carbonyl (C=O) groups is 16. The highest BCUT2D eigenvalue weighted by Crippen LogP contribution is 2.28. The third-order valence-corrected chi connectivity index (χ3v) is 20.7. The van der Waals surface area contributed by atoms with Crippen molar-refractivity contribution in [2.45, 2.75) is 264 Å². The Kier molecular flexibility index (Phi) is 41.4. The maximum atomic E-state index is 15.5. The number of nitrogens with zero attached hydrogens (tertiary/aromatic N) is 2. The third kappa shape index (κ3) is 29.5. The summed E-state index contributed by atoms with van der Waals surface area (Å²) >= 11 is 0. The lowest BCUT2D eigenvalue weighted by atomic mass is 9.85. The van der Waals surface area contributed by atoms with Gasteiger partial charge >= 0.3 is 11.9 Å². The fraction of sp³-hybridized carbons (Fsp3) is 0.775. The zero-order chi connectivity index (χ0) is 84.0. The fourth-order valence-electron chi connectivity index (χ4n) is 12.5. The Morgan fingerprint density at radius 2 is 1.19 bits per heavy atom. The second-order valence-corrected chi connectivity index (χ2v) is 30.0. The SMILES string of the molecule is CO[C@H](C)[C@@H]1NC(=O)[C@H](CCC(N)=O)N(C)C(=O)[C@H](CC(C)C)NC(=O)[C@@H](CCCN)NC(=O)[C@@H](CO)NC(=O)[C@H](NC(=O)[C@@H](NC(=O)[C@H](O)[C@H](O)[C@H](CCC(N)=O)NC(=O)[C@@H](CCCN)NC(=O)[C@H](C)[C@H](O)[C@H](C)C(C)C)[C@@H](C)[C@@H](C)C(N)=O)[C@@H]([C@H](C)C(C)C)OC(=O)[C@@H]2CCCCN2C(=O)[C@@H](CC(=O)O)NC1=O. The molecule has 110 heavy (non-hydrogen) atoms. The molecule has 0 spiro atoms. The fourth-order valence-corrected chi connectivity index (χ4v) is 12.5. The molecule has 0 radical (unpaired) electrons. The van der Waals surface area contributed by atoms with E-state index in [1.54, 1.807) is 34.6 Å². The Morgan fingerprint density at radius 1 is 0.609 bits per heavy atom. The first-order chi connectivity index (χ1) is 51.3. The van der Waals surface area contributed by atoms with Gasteiger partial charge in [0.2, 0.25) is 76.8 Å². The number of amides is 14. The second kappa shape index (κ2) is 46.8. The number of piperidine rings is 1. The van der Waals surface area contributed by atoms with Crippen LogP contribution < -0.4 is 76.5 Å². The number of esters is 1. The molecule has 0 aromatic rings. The number of ether oxygens (including phenoxy) is 2. The van der Waals surface area contributed by atoms with Crippen molar-refractivity contribution in [2.75, 3.05) is 40.4 Å². The van der Waals surface area contributed by atoms with Crippen molar-refractivity contribution in [2.24, 2.45) is 76.0 Å². The number of nitrogens with one attached hydrogen (secondary N) is 9. The summed E-state index contributed by atoms with van der Waals surface area (Å²) < 4.78 is 11.7. The minimum absolute atomic E-state index is 0.0191. The van der Waals surface area contributed by atoms with Crippen molar-refractivity contribution < 1.29 is 112 Å². The summed E-state index contributed by atoms with van der Waals surface area (Å²) in [6, 6.07) is -20.1. The van der Waals surface area contributed by atoms with E-state index in [-0.39, 0.29) is 82.8 Å². The van der Waals surface area contributed by atoms with Crippen molar-refractivity contribution in [1.29, 1.82) is 0 Å². The van der Waals surface area contributed by atoms with Crippen LogP contribution in [0.15, 0.2) is 0 Å². The summed E-state index contributed by atoms with van der Waals surface area (Å²) in [6.07, 6.45) is -13.0. The normalized spacial score (nSPS) is 24.5. The molecule has 2 fully saturated rings. The molecular weight excluding hydrogens is 1440 g/mol.